The Bertz CT molecular complexity index is 286. The fourth-order valence-corrected chi connectivity index (χ4v) is 1.32. The summed E-state index contributed by atoms with van der Waals surface area (Å²) in [7, 11) is 0. The first-order chi connectivity index (χ1) is 9.60. The Labute approximate surface area is 127 Å². The van der Waals surface area contributed by atoms with Crippen molar-refractivity contribution in [3.8, 4) is 0 Å². The molecule has 0 heterocycles. The van der Waals surface area contributed by atoms with Crippen LogP contribution in [0.25, 0.3) is 0 Å². The molecule has 1 N–H and O–H groups in total. The Morgan fingerprint density at radius 2 is 1.33 bits per heavy atom. The predicted octanol–water partition coefficient (Wildman–Crippen LogP) is 2.10. The average Bonchev–Trinajstić information content (AvgIpc) is 2.37. The summed E-state index contributed by atoms with van der Waals surface area (Å²) in [5, 5.41) is 8.50. The van der Waals surface area contributed by atoms with E-state index in [0.29, 0.717) is 19.8 Å². The van der Waals surface area contributed by atoms with Crippen molar-refractivity contribution >= 4 is 5.97 Å². The third kappa shape index (κ3) is 14.0. The molecule has 6 nitrogen and oxygen atoms in total. The zero-order chi connectivity index (χ0) is 16.5. The van der Waals surface area contributed by atoms with E-state index in [1.54, 1.807) is 6.92 Å². The minimum Gasteiger partial charge on any atom is -0.480 e. The average molecular weight is 306 g/mol. The van der Waals surface area contributed by atoms with Gasteiger partial charge in [0, 0.05) is 0 Å². The summed E-state index contributed by atoms with van der Waals surface area (Å²) in [5.41, 5.74) is -0.170. The third-order valence-electron chi connectivity index (χ3n) is 2.47. The molecule has 0 spiro atoms. The van der Waals surface area contributed by atoms with Crippen molar-refractivity contribution in [2.24, 2.45) is 0 Å². The van der Waals surface area contributed by atoms with Crippen molar-refractivity contribution in [2.75, 3.05) is 26.4 Å². The van der Waals surface area contributed by atoms with Crippen molar-refractivity contribution in [3.63, 3.8) is 0 Å². The van der Waals surface area contributed by atoms with Gasteiger partial charge in [0.15, 0.2) is 0 Å². The minimum atomic E-state index is -0.981. The van der Waals surface area contributed by atoms with Crippen LogP contribution in [0.4, 0.5) is 0 Å². The smallest absolute Gasteiger partial charge is 0.329 e. The number of carbonyl (C=O) groups is 1. The van der Waals surface area contributed by atoms with Crippen LogP contribution < -0.4 is 0 Å². The second kappa shape index (κ2) is 10.1. The van der Waals surface area contributed by atoms with Crippen LogP contribution in [-0.2, 0) is 23.7 Å². The summed E-state index contributed by atoms with van der Waals surface area (Å²) in [6, 6.07) is 0. The summed E-state index contributed by atoms with van der Waals surface area (Å²) >= 11 is 0. The Morgan fingerprint density at radius 3 is 1.76 bits per heavy atom. The topological polar surface area (TPSA) is 74.2 Å². The van der Waals surface area contributed by atoms with Crippen molar-refractivity contribution < 1.29 is 28.8 Å². The van der Waals surface area contributed by atoms with Gasteiger partial charge in [-0.05, 0) is 41.5 Å². The van der Waals surface area contributed by atoms with Crippen LogP contribution in [0.1, 0.15) is 41.5 Å². The van der Waals surface area contributed by atoms with Crippen molar-refractivity contribution in [1.29, 1.82) is 0 Å². The maximum Gasteiger partial charge on any atom is 0.329 e. The number of hydrogen-bond acceptors (Lipinski definition) is 5. The summed E-state index contributed by atoms with van der Waals surface area (Å²) in [5.74, 6) is -0.981. The van der Waals surface area contributed by atoms with Crippen LogP contribution in [0.5, 0.6) is 0 Å². The zero-order valence-electron chi connectivity index (χ0n) is 14.0. The molecule has 126 valence electrons. The molecule has 0 aromatic rings. The van der Waals surface area contributed by atoms with Gasteiger partial charge in [-0.1, -0.05) is 0 Å². The highest BCUT2D eigenvalue weighted by molar-refractivity contribution is 5.68. The van der Waals surface area contributed by atoms with E-state index >= 15 is 0 Å². The lowest BCUT2D eigenvalue weighted by Gasteiger charge is -2.24. The van der Waals surface area contributed by atoms with E-state index in [4.69, 9.17) is 24.1 Å². The summed E-state index contributed by atoms with van der Waals surface area (Å²) in [6.07, 6.45) is -0.348. The molecule has 0 aromatic carbocycles. The summed E-state index contributed by atoms with van der Waals surface area (Å²) in [4.78, 5) is 10.4. The Kier molecular flexibility index (Phi) is 9.77. The molecule has 3 atom stereocenters. The van der Waals surface area contributed by atoms with Gasteiger partial charge in [0.05, 0.1) is 43.7 Å². The molecule has 0 rings (SSSR count). The van der Waals surface area contributed by atoms with Crippen LogP contribution in [0.2, 0.25) is 0 Å². The molecular weight excluding hydrogens is 276 g/mol. The standard InChI is InChI=1S/C15H30O6/c1-11(18-8-12(2)20-10-14(16)17)7-19-13(3)9-21-15(4,5)6/h11-13H,7-10H2,1-6H3,(H,16,17). The fraction of sp³-hybridized carbons (Fsp3) is 0.933. The van der Waals surface area contributed by atoms with Crippen molar-refractivity contribution in [1.82, 2.24) is 0 Å². The van der Waals surface area contributed by atoms with E-state index < -0.39 is 5.97 Å². The van der Waals surface area contributed by atoms with Gasteiger partial charge in [0.1, 0.15) is 6.61 Å². The van der Waals surface area contributed by atoms with Crippen LogP contribution >= 0.6 is 0 Å². The van der Waals surface area contributed by atoms with Crippen LogP contribution in [0, 0.1) is 0 Å². The van der Waals surface area contributed by atoms with Crippen molar-refractivity contribution in [2.45, 2.75) is 65.5 Å². The molecule has 0 bridgehead atoms. The van der Waals surface area contributed by atoms with Crippen molar-refractivity contribution in [3.05, 3.63) is 0 Å². The molecule has 3 unspecified atom stereocenters. The predicted molar refractivity (Wildman–Crippen MR) is 79.6 cm³/mol. The molecule has 0 saturated heterocycles. The SMILES string of the molecule is CC(COC(C)COC(C)COC(C)(C)C)OCC(=O)O. The van der Waals surface area contributed by atoms with Gasteiger partial charge in [-0.2, -0.15) is 0 Å². The van der Waals surface area contributed by atoms with Gasteiger partial charge in [0.25, 0.3) is 0 Å². The lowest BCUT2D eigenvalue weighted by atomic mass is 10.2. The van der Waals surface area contributed by atoms with E-state index in [9.17, 15) is 4.79 Å². The molecule has 0 aromatic heterocycles. The number of ether oxygens (including phenoxy) is 4. The van der Waals surface area contributed by atoms with E-state index in [0.717, 1.165) is 0 Å². The van der Waals surface area contributed by atoms with Gasteiger partial charge < -0.3 is 24.1 Å². The maximum absolute atomic E-state index is 10.4. The second-order valence-corrected chi connectivity index (χ2v) is 6.23. The largest absolute Gasteiger partial charge is 0.480 e. The molecule has 0 saturated carbocycles. The Morgan fingerprint density at radius 1 is 0.905 bits per heavy atom. The zero-order valence-corrected chi connectivity index (χ0v) is 14.0. The van der Waals surface area contributed by atoms with Gasteiger partial charge in [0.2, 0.25) is 0 Å². The number of aliphatic carboxylic acids is 1. The van der Waals surface area contributed by atoms with E-state index in [1.165, 1.54) is 0 Å². The first-order valence-electron chi connectivity index (χ1n) is 7.30. The molecule has 0 amide bonds. The van der Waals surface area contributed by atoms with Gasteiger partial charge in [-0.15, -0.1) is 0 Å². The van der Waals surface area contributed by atoms with Gasteiger partial charge >= 0.3 is 5.97 Å². The first-order valence-corrected chi connectivity index (χ1v) is 7.30. The molecule has 0 aliphatic rings. The highest BCUT2D eigenvalue weighted by Crippen LogP contribution is 2.08. The lowest BCUT2D eigenvalue weighted by Crippen LogP contribution is -2.29. The van der Waals surface area contributed by atoms with E-state index in [2.05, 4.69) is 0 Å². The van der Waals surface area contributed by atoms with Gasteiger partial charge in [-0.25, -0.2) is 4.79 Å². The lowest BCUT2D eigenvalue weighted by molar-refractivity contribution is -0.146. The number of rotatable bonds is 11. The fourth-order valence-electron chi connectivity index (χ4n) is 1.32. The monoisotopic (exact) mass is 306 g/mol. The Hall–Kier alpha value is -0.690. The second-order valence-electron chi connectivity index (χ2n) is 6.23. The molecule has 0 aliphatic heterocycles. The van der Waals surface area contributed by atoms with Gasteiger partial charge in [-0.3, -0.25) is 0 Å². The maximum atomic E-state index is 10.4. The quantitative estimate of drug-likeness (QED) is 0.630. The highest BCUT2D eigenvalue weighted by atomic mass is 16.6. The normalized spacial score (nSPS) is 16.5. The number of carboxylic acid groups (broad SMARTS) is 1. The van der Waals surface area contributed by atoms with E-state index in [1.807, 2.05) is 34.6 Å². The van der Waals surface area contributed by atoms with E-state index in [-0.39, 0.29) is 30.5 Å². The number of hydrogen-bond donors (Lipinski definition) is 1. The number of carboxylic acids is 1. The van der Waals surface area contributed by atoms with Crippen LogP contribution in [-0.4, -0.2) is 61.4 Å². The molecule has 0 radical (unpaired) electrons. The summed E-state index contributed by atoms with van der Waals surface area (Å²) < 4.78 is 21.9. The van der Waals surface area contributed by atoms with Crippen LogP contribution in [0.3, 0.4) is 0 Å². The first kappa shape index (κ1) is 20.3. The molecule has 0 aliphatic carbocycles. The molecule has 0 fully saturated rings. The molecule has 21 heavy (non-hydrogen) atoms. The highest BCUT2D eigenvalue weighted by Gasteiger charge is 2.14. The summed E-state index contributed by atoms with van der Waals surface area (Å²) in [6.45, 7) is 12.7. The molecular formula is C15H30O6. The third-order valence-corrected chi connectivity index (χ3v) is 2.47. The molecule has 6 heteroatoms. The minimum absolute atomic E-state index is 0.00374. The Balaban J connectivity index is 3.69. The van der Waals surface area contributed by atoms with Crippen LogP contribution in [0.15, 0.2) is 0 Å².